The molecule has 0 spiro atoms. The van der Waals surface area contributed by atoms with E-state index in [1.807, 2.05) is 52.1 Å². The van der Waals surface area contributed by atoms with Crippen LogP contribution in [0.4, 0.5) is 11.4 Å². The van der Waals surface area contributed by atoms with Crippen LogP contribution in [0.2, 0.25) is 0 Å². The molecule has 2 aromatic rings. The minimum absolute atomic E-state index is 0.00142. The third kappa shape index (κ3) is 4.09. The van der Waals surface area contributed by atoms with E-state index in [2.05, 4.69) is 20.2 Å². The summed E-state index contributed by atoms with van der Waals surface area (Å²) in [5.41, 5.74) is 4.44. The van der Waals surface area contributed by atoms with Crippen LogP contribution >= 0.6 is 0 Å². The Morgan fingerprint density at radius 3 is 2.18 bits per heavy atom. The topological polar surface area (TPSA) is 70.5 Å². The summed E-state index contributed by atoms with van der Waals surface area (Å²) in [6.45, 7) is 10.7. The van der Waals surface area contributed by atoms with Gasteiger partial charge in [-0.25, -0.2) is 0 Å². The number of anilines is 2. The summed E-state index contributed by atoms with van der Waals surface area (Å²) in [6.07, 6.45) is 0. The Morgan fingerprint density at radius 2 is 1.68 bits per heavy atom. The standard InChI is InChI=1S/C21H29N5O2/c1-14-20(15(2)24(5)23-14)22-21(28)16(3)25-10-12-26(13-11-25)19-8-6-18(7-9-19)17(4)27/h6-9,16H,10-13H2,1-5H3,(H,22,28)/t16-/m0/s1. The van der Waals surface area contributed by atoms with Gasteiger partial charge in [-0.15, -0.1) is 0 Å². The van der Waals surface area contributed by atoms with Crippen molar-refractivity contribution in [3.63, 3.8) is 0 Å². The van der Waals surface area contributed by atoms with Crippen LogP contribution in [0, 0.1) is 13.8 Å². The summed E-state index contributed by atoms with van der Waals surface area (Å²) in [4.78, 5) is 28.7. The van der Waals surface area contributed by atoms with Crippen molar-refractivity contribution in [3.05, 3.63) is 41.2 Å². The zero-order valence-electron chi connectivity index (χ0n) is 17.3. The number of hydrogen-bond donors (Lipinski definition) is 1. The quantitative estimate of drug-likeness (QED) is 0.803. The lowest BCUT2D eigenvalue weighted by Crippen LogP contribution is -2.52. The monoisotopic (exact) mass is 383 g/mol. The summed E-state index contributed by atoms with van der Waals surface area (Å²) in [5, 5.41) is 7.40. The lowest BCUT2D eigenvalue weighted by Gasteiger charge is -2.38. The fourth-order valence-electron chi connectivity index (χ4n) is 3.62. The van der Waals surface area contributed by atoms with E-state index in [0.717, 1.165) is 54.5 Å². The first kappa shape index (κ1) is 20.1. The molecule has 28 heavy (non-hydrogen) atoms. The van der Waals surface area contributed by atoms with Crippen LogP contribution in [-0.2, 0) is 11.8 Å². The van der Waals surface area contributed by atoms with E-state index >= 15 is 0 Å². The van der Waals surface area contributed by atoms with Crippen molar-refractivity contribution in [1.29, 1.82) is 0 Å². The van der Waals surface area contributed by atoms with E-state index in [4.69, 9.17) is 0 Å². The Hall–Kier alpha value is -2.67. The molecule has 7 heteroatoms. The molecule has 1 N–H and O–H groups in total. The first-order valence-electron chi connectivity index (χ1n) is 9.69. The first-order valence-corrected chi connectivity index (χ1v) is 9.69. The van der Waals surface area contributed by atoms with Gasteiger partial charge in [-0.05, 0) is 52.0 Å². The highest BCUT2D eigenvalue weighted by atomic mass is 16.2. The summed E-state index contributed by atoms with van der Waals surface area (Å²) in [5.74, 6) is 0.0776. The van der Waals surface area contributed by atoms with E-state index in [9.17, 15) is 9.59 Å². The van der Waals surface area contributed by atoms with Crippen LogP contribution in [-0.4, -0.2) is 58.6 Å². The Morgan fingerprint density at radius 1 is 1.07 bits per heavy atom. The first-order chi connectivity index (χ1) is 13.3. The molecule has 0 saturated carbocycles. The van der Waals surface area contributed by atoms with Gasteiger partial charge >= 0.3 is 0 Å². The molecule has 7 nitrogen and oxygen atoms in total. The minimum atomic E-state index is -0.207. The summed E-state index contributed by atoms with van der Waals surface area (Å²) in [6, 6.07) is 7.53. The molecule has 1 fully saturated rings. The number of carbonyl (C=O) groups is 2. The average Bonchev–Trinajstić information content (AvgIpc) is 2.93. The number of benzene rings is 1. The van der Waals surface area contributed by atoms with Crippen LogP contribution in [0.3, 0.4) is 0 Å². The number of nitrogens with one attached hydrogen (secondary N) is 1. The molecule has 1 saturated heterocycles. The number of aromatic nitrogens is 2. The van der Waals surface area contributed by atoms with Crippen LogP contribution in [0.25, 0.3) is 0 Å². The molecular formula is C21H29N5O2. The van der Waals surface area contributed by atoms with Crippen LogP contribution in [0.15, 0.2) is 24.3 Å². The summed E-state index contributed by atoms with van der Waals surface area (Å²) >= 11 is 0. The number of amides is 1. The molecule has 1 aromatic carbocycles. The van der Waals surface area contributed by atoms with Crippen molar-refractivity contribution < 1.29 is 9.59 Å². The fraction of sp³-hybridized carbons (Fsp3) is 0.476. The maximum atomic E-state index is 12.7. The number of hydrogen-bond acceptors (Lipinski definition) is 5. The van der Waals surface area contributed by atoms with Crippen LogP contribution < -0.4 is 10.2 Å². The third-order valence-electron chi connectivity index (χ3n) is 5.64. The Kier molecular flexibility index (Phi) is 5.84. The van der Waals surface area contributed by atoms with Crippen LogP contribution in [0.1, 0.15) is 35.6 Å². The maximum absolute atomic E-state index is 12.7. The average molecular weight is 383 g/mol. The second kappa shape index (κ2) is 8.14. The number of Topliss-reactive ketones (excluding diaryl/α,β-unsaturated/α-hetero) is 1. The molecule has 150 valence electrons. The van der Waals surface area contributed by atoms with Crippen molar-refractivity contribution in [2.24, 2.45) is 7.05 Å². The van der Waals surface area contributed by atoms with E-state index in [0.29, 0.717) is 0 Å². The lowest BCUT2D eigenvalue weighted by atomic mass is 10.1. The number of ketones is 1. The van der Waals surface area contributed by atoms with E-state index in [-0.39, 0.29) is 17.7 Å². The fourth-order valence-corrected chi connectivity index (χ4v) is 3.62. The number of carbonyl (C=O) groups excluding carboxylic acids is 2. The molecule has 2 heterocycles. The lowest BCUT2D eigenvalue weighted by molar-refractivity contribution is -0.120. The predicted molar refractivity (Wildman–Crippen MR) is 111 cm³/mol. The van der Waals surface area contributed by atoms with Crippen molar-refractivity contribution in [1.82, 2.24) is 14.7 Å². The molecule has 1 atom stereocenters. The summed E-state index contributed by atoms with van der Waals surface area (Å²) < 4.78 is 1.78. The molecule has 0 unspecified atom stereocenters. The predicted octanol–water partition coefficient (Wildman–Crippen LogP) is 2.39. The van der Waals surface area contributed by atoms with Gasteiger partial charge in [-0.2, -0.15) is 5.10 Å². The normalized spacial score (nSPS) is 16.1. The maximum Gasteiger partial charge on any atom is 0.241 e. The highest BCUT2D eigenvalue weighted by Gasteiger charge is 2.26. The molecular weight excluding hydrogens is 354 g/mol. The highest BCUT2D eigenvalue weighted by Crippen LogP contribution is 2.21. The number of piperazine rings is 1. The smallest absolute Gasteiger partial charge is 0.241 e. The molecule has 0 bridgehead atoms. The Labute approximate surface area is 166 Å². The van der Waals surface area contributed by atoms with Gasteiger partial charge in [-0.1, -0.05) is 0 Å². The van der Waals surface area contributed by atoms with E-state index < -0.39 is 0 Å². The second-order valence-electron chi connectivity index (χ2n) is 7.46. The van der Waals surface area contributed by atoms with Crippen LogP contribution in [0.5, 0.6) is 0 Å². The van der Waals surface area contributed by atoms with Gasteiger partial charge in [0.2, 0.25) is 5.91 Å². The number of nitrogens with zero attached hydrogens (tertiary/aromatic N) is 4. The molecule has 1 amide bonds. The molecule has 1 aliphatic rings. The van der Waals surface area contributed by atoms with Crippen molar-refractivity contribution >= 4 is 23.1 Å². The highest BCUT2D eigenvalue weighted by molar-refractivity contribution is 5.95. The van der Waals surface area contributed by atoms with E-state index in [1.165, 1.54) is 0 Å². The Bertz CT molecular complexity index is 864. The number of aryl methyl sites for hydroxylation is 2. The van der Waals surface area contributed by atoms with Crippen molar-refractivity contribution in [3.8, 4) is 0 Å². The van der Waals surface area contributed by atoms with Crippen molar-refractivity contribution in [2.75, 3.05) is 36.4 Å². The van der Waals surface area contributed by atoms with Gasteiger partial charge in [0.15, 0.2) is 5.78 Å². The van der Waals surface area contributed by atoms with Gasteiger partial charge in [0.25, 0.3) is 0 Å². The van der Waals surface area contributed by atoms with Gasteiger partial charge in [0, 0.05) is 44.5 Å². The largest absolute Gasteiger partial charge is 0.369 e. The second-order valence-corrected chi connectivity index (χ2v) is 7.46. The SMILES string of the molecule is CC(=O)c1ccc(N2CCN([C@@H](C)C(=O)Nc3c(C)nn(C)c3C)CC2)cc1. The van der Waals surface area contributed by atoms with Gasteiger partial charge < -0.3 is 10.2 Å². The van der Waals surface area contributed by atoms with Gasteiger partial charge in [0.1, 0.15) is 0 Å². The van der Waals surface area contributed by atoms with E-state index in [1.54, 1.807) is 11.6 Å². The zero-order valence-corrected chi connectivity index (χ0v) is 17.3. The Balaban J connectivity index is 1.57. The molecule has 0 aliphatic carbocycles. The molecule has 0 radical (unpaired) electrons. The number of rotatable bonds is 5. The zero-order chi connectivity index (χ0) is 20.4. The van der Waals surface area contributed by atoms with Crippen molar-refractivity contribution in [2.45, 2.75) is 33.7 Å². The van der Waals surface area contributed by atoms with Gasteiger partial charge in [-0.3, -0.25) is 19.2 Å². The molecule has 1 aromatic heterocycles. The summed E-state index contributed by atoms with van der Waals surface area (Å²) in [7, 11) is 1.88. The molecule has 1 aliphatic heterocycles. The van der Waals surface area contributed by atoms with Gasteiger partial charge in [0.05, 0.1) is 23.1 Å². The third-order valence-corrected chi connectivity index (χ3v) is 5.64. The molecule has 3 rings (SSSR count). The minimum Gasteiger partial charge on any atom is -0.369 e.